The predicted molar refractivity (Wildman–Crippen MR) is 64.4 cm³/mol. The van der Waals surface area contributed by atoms with Crippen LogP contribution in [0.15, 0.2) is 31.2 Å². The molecule has 0 bridgehead atoms. The first-order chi connectivity index (χ1) is 7.54. The summed E-state index contributed by atoms with van der Waals surface area (Å²) in [4.78, 5) is 10.2. The van der Waals surface area contributed by atoms with E-state index < -0.39 is 14.9 Å². The van der Waals surface area contributed by atoms with Crippen LogP contribution in [0.3, 0.4) is 0 Å². The summed E-state index contributed by atoms with van der Waals surface area (Å²) in [5.41, 5.74) is 0.458. The van der Waals surface area contributed by atoms with Gasteiger partial charge < -0.3 is 9.22 Å². The number of alkyl halides is 1. The Kier molecular flexibility index (Phi) is 4.42. The lowest BCUT2D eigenvalue weighted by Crippen LogP contribution is -2.30. The van der Waals surface area contributed by atoms with Gasteiger partial charge >= 0.3 is 0 Å². The maximum Gasteiger partial charge on any atom is 0.154 e. The highest BCUT2D eigenvalue weighted by Gasteiger charge is 2.13. The van der Waals surface area contributed by atoms with Crippen LogP contribution in [0.1, 0.15) is 5.69 Å². The lowest BCUT2D eigenvalue weighted by molar-refractivity contribution is 0.477. The molecule has 16 heavy (non-hydrogen) atoms. The molecule has 2 heterocycles. The Balaban J connectivity index is 0.000000165. The van der Waals surface area contributed by atoms with E-state index in [1.54, 1.807) is 0 Å². The quantitative estimate of drug-likeness (QED) is 0.820. The summed E-state index contributed by atoms with van der Waals surface area (Å²) in [5.74, 6) is 0. The molecule has 0 saturated heterocycles. The van der Waals surface area contributed by atoms with Gasteiger partial charge in [0.2, 0.25) is 0 Å². The number of nitrogens with one attached hydrogen (secondary N) is 1. The summed E-state index contributed by atoms with van der Waals surface area (Å²) in [5, 5.41) is 0. The molecule has 88 valence electrons. The monoisotopic (exact) mass is 240 g/mol. The zero-order valence-corrected chi connectivity index (χ0v) is 10.8. The van der Waals surface area contributed by atoms with Gasteiger partial charge in [-0.3, -0.25) is 0 Å². The molecule has 6 heteroatoms. The van der Waals surface area contributed by atoms with Crippen molar-refractivity contribution in [1.29, 1.82) is 0 Å². The summed E-state index contributed by atoms with van der Waals surface area (Å²) in [6.07, 6.45) is 8.74. The molecule has 0 unspecified atom stereocenters. The van der Waals surface area contributed by atoms with Crippen molar-refractivity contribution in [1.82, 2.24) is 19.2 Å². The van der Waals surface area contributed by atoms with Gasteiger partial charge in [0.25, 0.3) is 0 Å². The fraction of sp³-hybridized carbons (Fsp3) is 0.400. The molecule has 2 rings (SSSR count). The molecule has 1 N–H and O–H groups in total. The van der Waals surface area contributed by atoms with E-state index in [2.05, 4.69) is 38.8 Å². The molecule has 4 nitrogen and oxygen atoms in total. The van der Waals surface area contributed by atoms with Crippen molar-refractivity contribution in [3.05, 3.63) is 36.9 Å². The summed E-state index contributed by atoms with van der Waals surface area (Å²) in [6, 6.07) is 0. The molecule has 0 aliphatic rings. The Morgan fingerprint density at radius 1 is 1.44 bits per heavy atom. The summed E-state index contributed by atoms with van der Waals surface area (Å²) in [6.45, 7) is 6.38. The minimum Gasteiger partial charge on any atom is -0.365 e. The van der Waals surface area contributed by atoms with E-state index in [1.807, 2.05) is 18.7 Å². The molecule has 2 aromatic heterocycles. The van der Waals surface area contributed by atoms with Crippen LogP contribution in [-0.2, 0) is 6.67 Å². The second kappa shape index (κ2) is 5.60. The van der Waals surface area contributed by atoms with Crippen LogP contribution in [0.5, 0.6) is 0 Å². The molecule has 2 aromatic rings. The minimum absolute atomic E-state index is 0.458. The number of aromatic amines is 1. The first-order valence-corrected chi connectivity index (χ1v) is 8.51. The van der Waals surface area contributed by atoms with Crippen LogP contribution in [0, 0.1) is 0 Å². The third-order valence-electron chi connectivity index (χ3n) is 1.97. The van der Waals surface area contributed by atoms with Crippen molar-refractivity contribution in [2.45, 2.75) is 26.3 Å². The lowest BCUT2D eigenvalue weighted by atomic mass is 10.5. The van der Waals surface area contributed by atoms with Gasteiger partial charge in [0.15, 0.2) is 8.24 Å². The van der Waals surface area contributed by atoms with Gasteiger partial charge in [-0.1, -0.05) is 19.6 Å². The zero-order valence-electron chi connectivity index (χ0n) is 9.81. The minimum atomic E-state index is -1.13. The molecule has 0 aliphatic heterocycles. The first-order valence-electron chi connectivity index (χ1n) is 5.06. The van der Waals surface area contributed by atoms with Gasteiger partial charge in [-0.2, -0.15) is 0 Å². The fourth-order valence-electron chi connectivity index (χ4n) is 1.02. The van der Waals surface area contributed by atoms with Crippen LogP contribution < -0.4 is 0 Å². The van der Waals surface area contributed by atoms with E-state index >= 15 is 0 Å². The van der Waals surface area contributed by atoms with Crippen molar-refractivity contribution in [2.75, 3.05) is 0 Å². The first kappa shape index (κ1) is 12.6. The SMILES string of the molecule is C[Si](C)(C)n1ccnc1.FCc1c[nH]cn1. The standard InChI is InChI=1S/C6H12N2Si.C4H5FN2/c1-9(2,3)8-5-4-7-6-8;5-1-4-2-6-3-7-4/h4-6H,1-3H3;2-3H,1H2,(H,6,7). The van der Waals surface area contributed by atoms with Crippen molar-refractivity contribution in [2.24, 2.45) is 0 Å². The second-order valence-electron chi connectivity index (χ2n) is 4.33. The third-order valence-corrected chi connectivity index (χ3v) is 3.78. The predicted octanol–water partition coefficient (Wildman–Crippen LogP) is 2.45. The van der Waals surface area contributed by atoms with Crippen molar-refractivity contribution >= 4 is 8.24 Å². The zero-order chi connectivity index (χ0) is 12.0. The lowest BCUT2D eigenvalue weighted by Gasteiger charge is -2.16. The Hall–Kier alpha value is -1.43. The van der Waals surface area contributed by atoms with Gasteiger partial charge in [-0.15, -0.1) is 0 Å². The van der Waals surface area contributed by atoms with Gasteiger partial charge in [0.1, 0.15) is 6.67 Å². The molecule has 0 aliphatic carbocycles. The number of hydrogen-bond acceptors (Lipinski definition) is 2. The number of rotatable bonds is 2. The van der Waals surface area contributed by atoms with E-state index in [4.69, 9.17) is 0 Å². The highest BCUT2D eigenvalue weighted by molar-refractivity contribution is 6.74. The van der Waals surface area contributed by atoms with Gasteiger partial charge in [-0.05, 0) is 0 Å². The summed E-state index contributed by atoms with van der Waals surface area (Å²) in [7, 11) is -1.13. The van der Waals surface area contributed by atoms with Crippen LogP contribution in [0.4, 0.5) is 4.39 Å². The molecule has 0 spiro atoms. The van der Waals surface area contributed by atoms with Crippen molar-refractivity contribution in [3.63, 3.8) is 0 Å². The van der Waals surface area contributed by atoms with Gasteiger partial charge in [0.05, 0.1) is 18.3 Å². The Morgan fingerprint density at radius 2 is 2.19 bits per heavy atom. The number of nitrogens with zero attached hydrogens (tertiary/aromatic N) is 3. The second-order valence-corrected chi connectivity index (χ2v) is 9.19. The van der Waals surface area contributed by atoms with E-state index in [0.717, 1.165) is 0 Å². The van der Waals surface area contributed by atoms with Crippen LogP contribution in [0.25, 0.3) is 0 Å². The van der Waals surface area contributed by atoms with Crippen LogP contribution >= 0.6 is 0 Å². The highest BCUT2D eigenvalue weighted by atomic mass is 28.3. The molecule has 0 radical (unpaired) electrons. The van der Waals surface area contributed by atoms with E-state index in [1.165, 1.54) is 12.5 Å². The number of aromatic nitrogens is 4. The third kappa shape index (κ3) is 3.97. The molecule has 0 saturated carbocycles. The van der Waals surface area contributed by atoms with E-state index in [0.29, 0.717) is 5.69 Å². The number of H-pyrrole nitrogens is 1. The molecule has 0 atom stereocenters. The molecular formula is C10H17FN4Si. The average molecular weight is 240 g/mol. The van der Waals surface area contributed by atoms with Crippen LogP contribution in [0.2, 0.25) is 19.6 Å². The normalized spacial score (nSPS) is 10.8. The van der Waals surface area contributed by atoms with Gasteiger partial charge in [0, 0.05) is 18.6 Å². The van der Waals surface area contributed by atoms with E-state index in [-0.39, 0.29) is 0 Å². The largest absolute Gasteiger partial charge is 0.365 e. The Labute approximate surface area is 95.6 Å². The maximum atomic E-state index is 11.5. The van der Waals surface area contributed by atoms with Crippen molar-refractivity contribution in [3.8, 4) is 0 Å². The van der Waals surface area contributed by atoms with Gasteiger partial charge in [-0.25, -0.2) is 14.4 Å². The van der Waals surface area contributed by atoms with E-state index in [9.17, 15) is 4.39 Å². The average Bonchev–Trinajstić information content (AvgIpc) is 2.91. The molecular weight excluding hydrogens is 223 g/mol. The fourth-order valence-corrected chi connectivity index (χ4v) is 1.95. The van der Waals surface area contributed by atoms with Crippen molar-refractivity contribution < 1.29 is 4.39 Å². The molecule has 0 amide bonds. The number of hydrogen-bond donors (Lipinski definition) is 1. The Bertz CT molecular complexity index is 377. The summed E-state index contributed by atoms with van der Waals surface area (Å²) < 4.78 is 13.7. The summed E-state index contributed by atoms with van der Waals surface area (Å²) >= 11 is 0. The number of halogens is 1. The van der Waals surface area contributed by atoms with Crippen LogP contribution in [-0.4, -0.2) is 27.4 Å². The molecule has 0 aromatic carbocycles. The maximum absolute atomic E-state index is 11.5. The Morgan fingerprint density at radius 3 is 2.44 bits per heavy atom. The molecule has 0 fully saturated rings. The smallest absolute Gasteiger partial charge is 0.154 e. The number of imidazole rings is 2. The topological polar surface area (TPSA) is 46.5 Å². The highest BCUT2D eigenvalue weighted by Crippen LogP contribution is 2.03.